The van der Waals surface area contributed by atoms with Crippen molar-refractivity contribution in [2.45, 2.75) is 64.1 Å². The van der Waals surface area contributed by atoms with Crippen LogP contribution in [0.25, 0.3) is 0 Å². The van der Waals surface area contributed by atoms with Crippen LogP contribution >= 0.6 is 0 Å². The lowest BCUT2D eigenvalue weighted by molar-refractivity contribution is -0.126. The lowest BCUT2D eigenvalue weighted by Gasteiger charge is -2.46. The lowest BCUT2D eigenvalue weighted by Crippen LogP contribution is -2.54. The van der Waals surface area contributed by atoms with Crippen molar-refractivity contribution in [3.63, 3.8) is 0 Å². The predicted molar refractivity (Wildman–Crippen MR) is 111 cm³/mol. The third kappa shape index (κ3) is 4.19. The molecule has 6 nitrogen and oxygen atoms in total. The van der Waals surface area contributed by atoms with Gasteiger partial charge in [0.15, 0.2) is 0 Å². The fourth-order valence-electron chi connectivity index (χ4n) is 5.28. The maximum absolute atomic E-state index is 12.3. The van der Waals surface area contributed by atoms with E-state index in [0.717, 1.165) is 24.1 Å². The molecule has 2 fully saturated rings. The van der Waals surface area contributed by atoms with Crippen molar-refractivity contribution in [1.82, 2.24) is 4.90 Å². The SMILES string of the molecule is CC(=O)[C@@H]1C[C@@H]2CCCC[C@@H]2CN1C[C@@H](O)[C@@H]1COC(c2cccc(O)c2C)=N1. The van der Waals surface area contributed by atoms with E-state index in [0.29, 0.717) is 30.9 Å². The first-order chi connectivity index (χ1) is 13.9. The van der Waals surface area contributed by atoms with Crippen molar-refractivity contribution >= 4 is 11.7 Å². The molecule has 4 rings (SSSR count). The Labute approximate surface area is 172 Å². The molecule has 1 saturated carbocycles. The number of β-amino-alcohol motifs (C(OH)–C–C–N with tert-alkyl or cyclic N) is 1. The summed E-state index contributed by atoms with van der Waals surface area (Å²) in [5.74, 6) is 2.16. The normalized spacial score (nSPS) is 30.9. The van der Waals surface area contributed by atoms with Gasteiger partial charge in [-0.1, -0.05) is 25.3 Å². The lowest BCUT2D eigenvalue weighted by atomic mass is 9.72. The third-order valence-corrected chi connectivity index (χ3v) is 7.05. The van der Waals surface area contributed by atoms with Crippen LogP contribution < -0.4 is 0 Å². The highest BCUT2D eigenvalue weighted by Gasteiger charge is 2.40. The molecule has 5 atom stereocenters. The van der Waals surface area contributed by atoms with Gasteiger partial charge in [0.25, 0.3) is 0 Å². The molecule has 0 bridgehead atoms. The minimum atomic E-state index is -0.688. The van der Waals surface area contributed by atoms with E-state index in [2.05, 4.69) is 9.89 Å². The highest BCUT2D eigenvalue weighted by molar-refractivity contribution is 5.97. The Kier molecular flexibility index (Phi) is 5.93. The molecule has 1 aliphatic carbocycles. The number of carbonyl (C=O) groups is 1. The van der Waals surface area contributed by atoms with Crippen LogP contribution in [0.4, 0.5) is 0 Å². The summed E-state index contributed by atoms with van der Waals surface area (Å²) in [7, 11) is 0. The Bertz CT molecular complexity index is 793. The minimum absolute atomic E-state index is 0.0944. The van der Waals surface area contributed by atoms with Crippen molar-refractivity contribution < 1.29 is 19.7 Å². The number of Topliss-reactive ketones (excluding diaryl/α,β-unsaturated/α-hetero) is 1. The number of carbonyl (C=O) groups excluding carboxylic acids is 1. The van der Waals surface area contributed by atoms with Gasteiger partial charge in [-0.15, -0.1) is 0 Å². The minimum Gasteiger partial charge on any atom is -0.508 e. The molecule has 29 heavy (non-hydrogen) atoms. The number of ketones is 1. The second kappa shape index (κ2) is 8.44. The number of aliphatic hydroxyl groups is 1. The third-order valence-electron chi connectivity index (χ3n) is 7.05. The van der Waals surface area contributed by atoms with Gasteiger partial charge < -0.3 is 14.9 Å². The number of hydrogen-bond donors (Lipinski definition) is 2. The number of phenolic OH excluding ortho intramolecular Hbond substituents is 1. The number of aliphatic hydroxyl groups excluding tert-OH is 1. The number of hydrogen-bond acceptors (Lipinski definition) is 6. The van der Waals surface area contributed by atoms with Crippen LogP contribution in [0.1, 0.15) is 50.2 Å². The fraction of sp³-hybridized carbons (Fsp3) is 0.652. The highest BCUT2D eigenvalue weighted by atomic mass is 16.5. The number of benzene rings is 1. The van der Waals surface area contributed by atoms with Crippen LogP contribution in [-0.2, 0) is 9.53 Å². The zero-order chi connectivity index (χ0) is 20.5. The number of aliphatic imine (C=N–C) groups is 1. The highest BCUT2D eigenvalue weighted by Crippen LogP contribution is 2.39. The Balaban J connectivity index is 1.45. The van der Waals surface area contributed by atoms with E-state index in [4.69, 9.17) is 4.74 Å². The molecule has 2 aliphatic heterocycles. The van der Waals surface area contributed by atoms with E-state index >= 15 is 0 Å². The van der Waals surface area contributed by atoms with Crippen LogP contribution in [-0.4, -0.2) is 64.7 Å². The molecule has 3 aliphatic rings. The second-order valence-electron chi connectivity index (χ2n) is 8.95. The Morgan fingerprint density at radius 3 is 2.83 bits per heavy atom. The summed E-state index contributed by atoms with van der Waals surface area (Å²) in [6.07, 6.45) is 5.25. The molecule has 158 valence electrons. The summed E-state index contributed by atoms with van der Waals surface area (Å²) in [6.45, 7) is 5.15. The Morgan fingerprint density at radius 1 is 1.31 bits per heavy atom. The molecule has 1 aromatic carbocycles. The maximum Gasteiger partial charge on any atom is 0.217 e. The molecule has 0 spiro atoms. The average molecular weight is 401 g/mol. The number of likely N-dealkylation sites (tertiary alicyclic amines) is 1. The Hall–Kier alpha value is -1.92. The molecule has 1 aromatic rings. The van der Waals surface area contributed by atoms with Gasteiger partial charge in [-0.05, 0) is 50.7 Å². The second-order valence-corrected chi connectivity index (χ2v) is 8.95. The first-order valence-corrected chi connectivity index (χ1v) is 10.9. The number of ether oxygens (including phenoxy) is 1. The molecular formula is C23H32N2O4. The molecule has 0 aromatic heterocycles. The van der Waals surface area contributed by atoms with E-state index in [1.807, 2.05) is 13.0 Å². The first-order valence-electron chi connectivity index (χ1n) is 10.9. The zero-order valence-corrected chi connectivity index (χ0v) is 17.4. The molecular weight excluding hydrogens is 368 g/mol. The molecule has 2 N–H and O–H groups in total. The van der Waals surface area contributed by atoms with Gasteiger partial charge >= 0.3 is 0 Å². The zero-order valence-electron chi connectivity index (χ0n) is 17.4. The van der Waals surface area contributed by atoms with Crippen LogP contribution in [0.15, 0.2) is 23.2 Å². The van der Waals surface area contributed by atoms with E-state index in [1.165, 1.54) is 25.7 Å². The van der Waals surface area contributed by atoms with Crippen molar-refractivity contribution in [2.75, 3.05) is 19.7 Å². The van der Waals surface area contributed by atoms with E-state index in [-0.39, 0.29) is 23.6 Å². The van der Waals surface area contributed by atoms with Gasteiger partial charge in [-0.3, -0.25) is 9.69 Å². The number of nitrogens with zero attached hydrogens (tertiary/aromatic N) is 2. The van der Waals surface area contributed by atoms with Crippen molar-refractivity contribution in [2.24, 2.45) is 16.8 Å². The summed E-state index contributed by atoms with van der Waals surface area (Å²) in [5.41, 5.74) is 1.47. The average Bonchev–Trinajstić information content (AvgIpc) is 3.19. The first kappa shape index (κ1) is 20.4. The van der Waals surface area contributed by atoms with Gasteiger partial charge in [0.05, 0.1) is 12.1 Å². The monoisotopic (exact) mass is 400 g/mol. The van der Waals surface area contributed by atoms with Crippen molar-refractivity contribution in [3.8, 4) is 5.75 Å². The molecule has 2 heterocycles. The van der Waals surface area contributed by atoms with Crippen LogP contribution in [0.5, 0.6) is 5.75 Å². The summed E-state index contributed by atoms with van der Waals surface area (Å²) in [6, 6.07) is 4.81. The Morgan fingerprint density at radius 2 is 2.07 bits per heavy atom. The molecule has 0 unspecified atom stereocenters. The quantitative estimate of drug-likeness (QED) is 0.794. The van der Waals surface area contributed by atoms with Gasteiger partial charge in [0.1, 0.15) is 24.2 Å². The van der Waals surface area contributed by atoms with Crippen molar-refractivity contribution in [3.05, 3.63) is 29.3 Å². The summed E-state index contributed by atoms with van der Waals surface area (Å²) < 4.78 is 5.75. The van der Waals surface area contributed by atoms with Gasteiger partial charge in [-0.25, -0.2) is 4.99 Å². The smallest absolute Gasteiger partial charge is 0.217 e. The number of aromatic hydroxyl groups is 1. The van der Waals surface area contributed by atoms with Crippen molar-refractivity contribution in [1.29, 1.82) is 0 Å². The van der Waals surface area contributed by atoms with Crippen LogP contribution in [0, 0.1) is 18.8 Å². The fourth-order valence-corrected chi connectivity index (χ4v) is 5.28. The molecule has 1 saturated heterocycles. The predicted octanol–water partition coefficient (Wildman–Crippen LogP) is 2.68. The standard InChI is InChI=1S/C23H32N2O4/c1-14-18(8-5-9-21(14)27)23-24-19(13-29-23)22(28)12-25-11-17-7-4-3-6-16(17)10-20(25)15(2)26/h5,8-9,16-17,19-20,22,27-28H,3-4,6-7,10-13H2,1-2H3/t16-,17+,19-,20-,22+/m0/s1. The van der Waals surface area contributed by atoms with Gasteiger partial charge in [0.2, 0.25) is 5.90 Å². The number of phenols is 1. The largest absolute Gasteiger partial charge is 0.508 e. The summed E-state index contributed by atoms with van der Waals surface area (Å²) in [5, 5.41) is 20.8. The molecule has 0 radical (unpaired) electrons. The number of fused-ring (bicyclic) bond motifs is 1. The number of rotatable bonds is 5. The van der Waals surface area contributed by atoms with Gasteiger partial charge in [0, 0.05) is 24.2 Å². The molecule has 6 heteroatoms. The van der Waals surface area contributed by atoms with E-state index < -0.39 is 6.10 Å². The summed E-state index contributed by atoms with van der Waals surface area (Å²) >= 11 is 0. The van der Waals surface area contributed by atoms with Crippen LogP contribution in [0.2, 0.25) is 0 Å². The molecule has 0 amide bonds. The van der Waals surface area contributed by atoms with E-state index in [1.54, 1.807) is 19.1 Å². The van der Waals surface area contributed by atoms with Gasteiger partial charge in [-0.2, -0.15) is 0 Å². The topological polar surface area (TPSA) is 82.4 Å². The van der Waals surface area contributed by atoms with Crippen LogP contribution in [0.3, 0.4) is 0 Å². The summed E-state index contributed by atoms with van der Waals surface area (Å²) in [4.78, 5) is 19.1. The van der Waals surface area contributed by atoms with E-state index in [9.17, 15) is 15.0 Å². The maximum atomic E-state index is 12.3. The number of piperidine rings is 1.